The minimum atomic E-state index is -0.402. The molecule has 0 N–H and O–H groups in total. The van der Waals surface area contributed by atoms with E-state index in [1.54, 1.807) is 0 Å². The molecule has 0 aliphatic heterocycles. The van der Waals surface area contributed by atoms with Gasteiger partial charge in [0.2, 0.25) is 0 Å². The van der Waals surface area contributed by atoms with Crippen LogP contribution in [-0.4, -0.2) is 30.7 Å². The summed E-state index contributed by atoms with van der Waals surface area (Å²) in [6.07, 6.45) is 2.36. The van der Waals surface area contributed by atoms with Crippen molar-refractivity contribution in [3.8, 4) is 0 Å². The van der Waals surface area contributed by atoms with Crippen LogP contribution in [0.5, 0.6) is 0 Å². The van der Waals surface area contributed by atoms with E-state index in [2.05, 4.69) is 13.8 Å². The highest BCUT2D eigenvalue weighted by Gasteiger charge is 2.25. The smallest absolute Gasteiger partial charge is 0.122 e. The topological polar surface area (TPSA) is 35.5 Å². The predicted molar refractivity (Wildman–Crippen MR) is 70.2 cm³/mol. The van der Waals surface area contributed by atoms with Crippen LogP contribution in [0.15, 0.2) is 0 Å². The second-order valence-corrected chi connectivity index (χ2v) is 6.21. The van der Waals surface area contributed by atoms with Gasteiger partial charge in [-0.15, -0.1) is 0 Å². The second kappa shape index (κ2) is 7.12. The Morgan fingerprint density at radius 3 is 2.12 bits per heavy atom. The van der Waals surface area contributed by atoms with Crippen molar-refractivity contribution in [1.29, 1.82) is 0 Å². The lowest BCUT2D eigenvalue weighted by atomic mass is 10.1. The van der Waals surface area contributed by atoms with E-state index in [0.717, 1.165) is 19.3 Å². The van der Waals surface area contributed by atoms with Gasteiger partial charge in [0.05, 0.1) is 17.8 Å². The summed E-state index contributed by atoms with van der Waals surface area (Å²) in [5.74, 6) is 0.651. The number of aldehydes is 1. The maximum atomic E-state index is 10.5. The van der Waals surface area contributed by atoms with E-state index in [4.69, 9.17) is 9.47 Å². The van der Waals surface area contributed by atoms with Gasteiger partial charge >= 0.3 is 0 Å². The zero-order valence-electron chi connectivity index (χ0n) is 12.2. The lowest BCUT2D eigenvalue weighted by molar-refractivity contribution is -0.131. The van der Waals surface area contributed by atoms with Crippen molar-refractivity contribution in [1.82, 2.24) is 0 Å². The summed E-state index contributed by atoms with van der Waals surface area (Å²) in [5, 5.41) is 0. The van der Waals surface area contributed by atoms with E-state index < -0.39 is 5.60 Å². The van der Waals surface area contributed by atoms with Crippen LogP contribution in [0.2, 0.25) is 0 Å². The molecule has 3 heteroatoms. The predicted octanol–water partition coefficient (Wildman–Crippen LogP) is 3.21. The van der Waals surface area contributed by atoms with Crippen molar-refractivity contribution < 1.29 is 14.3 Å². The highest BCUT2D eigenvalue weighted by molar-refractivity contribution is 5.51. The Kier molecular flexibility index (Phi) is 6.95. The van der Waals surface area contributed by atoms with Gasteiger partial charge in [0.25, 0.3) is 0 Å². The molecule has 0 aromatic carbocycles. The zero-order chi connectivity index (χ0) is 13.5. The van der Waals surface area contributed by atoms with E-state index in [1.165, 1.54) is 0 Å². The molecule has 0 amide bonds. The molecule has 0 aliphatic rings. The summed E-state index contributed by atoms with van der Waals surface area (Å²) in [6, 6.07) is 0. The molecule has 0 bridgehead atoms. The molecule has 0 radical (unpaired) electrons. The summed E-state index contributed by atoms with van der Waals surface area (Å²) < 4.78 is 11.5. The Morgan fingerprint density at radius 1 is 1.06 bits per heavy atom. The van der Waals surface area contributed by atoms with Gasteiger partial charge in [0, 0.05) is 13.0 Å². The maximum absolute atomic E-state index is 10.5. The van der Waals surface area contributed by atoms with Gasteiger partial charge in [0.15, 0.2) is 0 Å². The molecule has 0 saturated carbocycles. The highest BCUT2D eigenvalue weighted by Crippen LogP contribution is 2.18. The Bertz CT molecular complexity index is 220. The summed E-state index contributed by atoms with van der Waals surface area (Å²) in [6.45, 7) is 13.5. The number of hydrogen-bond acceptors (Lipinski definition) is 3. The van der Waals surface area contributed by atoms with Crippen LogP contribution in [0.1, 0.15) is 54.4 Å². The van der Waals surface area contributed by atoms with Crippen LogP contribution >= 0.6 is 0 Å². The molecule has 17 heavy (non-hydrogen) atoms. The number of hydrogen-bond donors (Lipinski definition) is 0. The van der Waals surface area contributed by atoms with Gasteiger partial charge in [-0.3, -0.25) is 0 Å². The van der Waals surface area contributed by atoms with E-state index in [9.17, 15) is 4.79 Å². The molecule has 0 aromatic rings. The van der Waals surface area contributed by atoms with E-state index in [-0.39, 0.29) is 5.60 Å². The number of carbonyl (C=O) groups excluding carboxylic acids is 1. The van der Waals surface area contributed by atoms with Gasteiger partial charge in [-0.1, -0.05) is 13.8 Å². The molecule has 0 fully saturated rings. The first-order valence-electron chi connectivity index (χ1n) is 6.40. The van der Waals surface area contributed by atoms with E-state index >= 15 is 0 Å². The van der Waals surface area contributed by atoms with Crippen molar-refractivity contribution in [2.45, 2.75) is 65.6 Å². The van der Waals surface area contributed by atoms with Crippen molar-refractivity contribution in [2.75, 3.05) is 13.2 Å². The van der Waals surface area contributed by atoms with E-state index in [1.807, 2.05) is 27.7 Å². The van der Waals surface area contributed by atoms with Gasteiger partial charge in [-0.25, -0.2) is 0 Å². The molecule has 3 nitrogen and oxygen atoms in total. The summed E-state index contributed by atoms with van der Waals surface area (Å²) in [5.41, 5.74) is -0.699. The molecular formula is C14H28O3. The minimum absolute atomic E-state index is 0.297. The molecule has 0 aliphatic carbocycles. The highest BCUT2D eigenvalue weighted by atomic mass is 16.6. The van der Waals surface area contributed by atoms with Gasteiger partial charge in [-0.2, -0.15) is 0 Å². The minimum Gasteiger partial charge on any atom is -0.373 e. The third kappa shape index (κ3) is 9.31. The summed E-state index contributed by atoms with van der Waals surface area (Å²) in [7, 11) is 0. The third-order valence-corrected chi connectivity index (χ3v) is 2.57. The first-order chi connectivity index (χ1) is 7.68. The van der Waals surface area contributed by atoms with Crippen molar-refractivity contribution >= 4 is 6.29 Å². The third-order valence-electron chi connectivity index (χ3n) is 2.57. The molecule has 0 heterocycles. The summed E-state index contributed by atoms with van der Waals surface area (Å²) in [4.78, 5) is 10.5. The molecule has 0 unspecified atom stereocenters. The standard InChI is InChI=1S/C14H28O3/c1-12(2)7-10-16-14(5,6)11-17-13(3,4)8-9-15/h9,12H,7-8,10-11H2,1-6H3. The first-order valence-corrected chi connectivity index (χ1v) is 6.40. The maximum Gasteiger partial charge on any atom is 0.122 e. The summed E-state index contributed by atoms with van der Waals surface area (Å²) >= 11 is 0. The van der Waals surface area contributed by atoms with Crippen molar-refractivity contribution in [3.63, 3.8) is 0 Å². The Labute approximate surface area is 106 Å². The van der Waals surface area contributed by atoms with Crippen molar-refractivity contribution in [3.05, 3.63) is 0 Å². The lowest BCUT2D eigenvalue weighted by Crippen LogP contribution is -2.37. The van der Waals surface area contributed by atoms with Crippen LogP contribution in [0.3, 0.4) is 0 Å². The quantitative estimate of drug-likeness (QED) is 0.584. The molecular weight excluding hydrogens is 216 g/mol. The SMILES string of the molecule is CC(C)CCOC(C)(C)COC(C)(C)CC=O. The monoisotopic (exact) mass is 244 g/mol. The van der Waals surface area contributed by atoms with Crippen LogP contribution in [-0.2, 0) is 14.3 Å². The first kappa shape index (κ1) is 16.6. The number of carbonyl (C=O) groups is 1. The number of rotatable bonds is 9. The lowest BCUT2D eigenvalue weighted by Gasteiger charge is -2.31. The molecule has 0 aromatic heterocycles. The normalized spacial score (nSPS) is 13.1. The zero-order valence-corrected chi connectivity index (χ0v) is 12.2. The Balaban J connectivity index is 3.95. The Hall–Kier alpha value is -0.410. The molecule has 102 valence electrons. The average molecular weight is 244 g/mol. The van der Waals surface area contributed by atoms with Crippen LogP contribution in [0, 0.1) is 5.92 Å². The van der Waals surface area contributed by atoms with Gasteiger partial charge < -0.3 is 14.3 Å². The fourth-order valence-corrected chi connectivity index (χ4v) is 1.24. The average Bonchev–Trinajstić information content (AvgIpc) is 2.14. The molecule has 0 rings (SSSR count). The molecule has 0 spiro atoms. The number of ether oxygens (including phenoxy) is 2. The molecule has 0 saturated heterocycles. The second-order valence-electron chi connectivity index (χ2n) is 6.21. The fourth-order valence-electron chi connectivity index (χ4n) is 1.24. The van der Waals surface area contributed by atoms with Crippen LogP contribution < -0.4 is 0 Å². The van der Waals surface area contributed by atoms with Crippen molar-refractivity contribution in [2.24, 2.45) is 5.92 Å². The molecule has 0 atom stereocenters. The van der Waals surface area contributed by atoms with Gasteiger partial charge in [0.1, 0.15) is 6.29 Å². The fraction of sp³-hybridized carbons (Fsp3) is 0.929. The van der Waals surface area contributed by atoms with Crippen LogP contribution in [0.4, 0.5) is 0 Å². The van der Waals surface area contributed by atoms with Crippen LogP contribution in [0.25, 0.3) is 0 Å². The largest absolute Gasteiger partial charge is 0.373 e. The van der Waals surface area contributed by atoms with Gasteiger partial charge in [-0.05, 0) is 40.0 Å². The Morgan fingerprint density at radius 2 is 1.65 bits per heavy atom. The van der Waals surface area contributed by atoms with E-state index in [0.29, 0.717) is 18.9 Å².